The standard InChI is InChI=1S/C31H30N2O5/c1-21-7-9-22(10-8-21)28(34)12-11-23-19-24-20-27(30(35)32-13-4-14-33-15-17-37-18-16-33)31(36)38-29(24)26-6-3-2-5-25(23)26/h2-3,5-12,19-20H,4,13-18H2,1H3,(H,32,35)/b12-11+. The molecule has 0 radical (unpaired) electrons. The number of carbonyl (C=O) groups excluding carboxylic acids is 2. The van der Waals surface area contributed by atoms with Crippen LogP contribution in [0.2, 0.25) is 0 Å². The minimum atomic E-state index is -0.675. The van der Waals surface area contributed by atoms with Gasteiger partial charge in [-0.15, -0.1) is 0 Å². The average Bonchev–Trinajstić information content (AvgIpc) is 2.94. The van der Waals surface area contributed by atoms with Crippen LogP contribution in [0.4, 0.5) is 0 Å². The number of amides is 1. The lowest BCUT2D eigenvalue weighted by atomic mass is 9.99. The summed E-state index contributed by atoms with van der Waals surface area (Å²) >= 11 is 0. The van der Waals surface area contributed by atoms with Crippen LogP contribution in [-0.4, -0.2) is 56.0 Å². The Hall–Kier alpha value is -4.07. The SMILES string of the molecule is Cc1ccc(C(=O)/C=C/c2cc3cc(C(=O)NCCCN4CCOCC4)c(=O)oc3c3ccccc23)cc1. The van der Waals surface area contributed by atoms with E-state index in [1.54, 1.807) is 30.4 Å². The summed E-state index contributed by atoms with van der Waals surface area (Å²) in [5.74, 6) is -0.562. The zero-order valence-corrected chi connectivity index (χ0v) is 21.4. The molecule has 7 nitrogen and oxygen atoms in total. The third kappa shape index (κ3) is 5.74. The maximum absolute atomic E-state index is 12.8. The van der Waals surface area contributed by atoms with Crippen molar-refractivity contribution in [1.29, 1.82) is 0 Å². The fourth-order valence-corrected chi connectivity index (χ4v) is 4.68. The highest BCUT2D eigenvalue weighted by Crippen LogP contribution is 2.29. The highest BCUT2D eigenvalue weighted by molar-refractivity contribution is 6.12. The molecule has 0 bridgehead atoms. The summed E-state index contributed by atoms with van der Waals surface area (Å²) in [6.07, 6.45) is 4.08. The number of allylic oxidation sites excluding steroid dienone is 1. The molecule has 1 aliphatic rings. The van der Waals surface area contributed by atoms with Gasteiger partial charge in [0, 0.05) is 36.0 Å². The first kappa shape index (κ1) is 25.6. The first-order chi connectivity index (χ1) is 18.5. The topological polar surface area (TPSA) is 88.9 Å². The van der Waals surface area contributed by atoms with Gasteiger partial charge >= 0.3 is 5.63 Å². The summed E-state index contributed by atoms with van der Waals surface area (Å²) < 4.78 is 11.0. The molecule has 1 fully saturated rings. The van der Waals surface area contributed by atoms with Crippen molar-refractivity contribution in [2.75, 3.05) is 39.4 Å². The summed E-state index contributed by atoms with van der Waals surface area (Å²) in [4.78, 5) is 40.6. The largest absolute Gasteiger partial charge is 0.421 e. The van der Waals surface area contributed by atoms with Gasteiger partial charge in [-0.25, -0.2) is 4.79 Å². The zero-order valence-electron chi connectivity index (χ0n) is 21.4. The molecular weight excluding hydrogens is 480 g/mol. The molecule has 1 N–H and O–H groups in total. The Kier molecular flexibility index (Phi) is 7.77. The van der Waals surface area contributed by atoms with Gasteiger partial charge in [-0.3, -0.25) is 14.5 Å². The van der Waals surface area contributed by atoms with Crippen LogP contribution < -0.4 is 10.9 Å². The number of fused-ring (bicyclic) bond motifs is 3. The smallest absolute Gasteiger partial charge is 0.349 e. The van der Waals surface area contributed by atoms with Crippen LogP contribution in [0.15, 0.2) is 76.0 Å². The number of hydrogen-bond acceptors (Lipinski definition) is 6. The molecule has 1 aromatic heterocycles. The number of carbonyl (C=O) groups is 2. The van der Waals surface area contributed by atoms with Gasteiger partial charge in [-0.05, 0) is 49.0 Å². The maximum Gasteiger partial charge on any atom is 0.349 e. The molecule has 0 aliphatic carbocycles. The quantitative estimate of drug-likeness (QED) is 0.123. The number of hydrogen-bond donors (Lipinski definition) is 1. The van der Waals surface area contributed by atoms with Gasteiger partial charge in [0.2, 0.25) is 0 Å². The third-order valence-corrected chi connectivity index (χ3v) is 6.81. The first-order valence-electron chi connectivity index (χ1n) is 12.9. The van der Waals surface area contributed by atoms with Gasteiger partial charge in [0.1, 0.15) is 11.1 Å². The van der Waals surface area contributed by atoms with E-state index in [0.29, 0.717) is 23.1 Å². The molecule has 3 aromatic carbocycles. The van der Waals surface area contributed by atoms with Crippen molar-refractivity contribution in [3.8, 4) is 0 Å². The summed E-state index contributed by atoms with van der Waals surface area (Å²) in [7, 11) is 0. The van der Waals surface area contributed by atoms with E-state index in [-0.39, 0.29) is 11.3 Å². The molecule has 0 unspecified atom stereocenters. The molecule has 194 valence electrons. The molecule has 7 heteroatoms. The van der Waals surface area contributed by atoms with Gasteiger partial charge in [0.15, 0.2) is 5.78 Å². The lowest BCUT2D eigenvalue weighted by Crippen LogP contribution is -2.38. The maximum atomic E-state index is 12.8. The van der Waals surface area contributed by atoms with Gasteiger partial charge in [0.05, 0.1) is 13.2 Å². The highest BCUT2D eigenvalue weighted by atomic mass is 16.5. The predicted molar refractivity (Wildman–Crippen MR) is 149 cm³/mol. The summed E-state index contributed by atoms with van der Waals surface area (Å²) in [6.45, 7) is 6.54. The Morgan fingerprint density at radius 3 is 2.50 bits per heavy atom. The average molecular weight is 511 g/mol. The van der Waals surface area contributed by atoms with E-state index in [9.17, 15) is 14.4 Å². The monoisotopic (exact) mass is 510 g/mol. The number of nitrogens with zero attached hydrogens (tertiary/aromatic N) is 1. The van der Waals surface area contributed by atoms with E-state index in [1.807, 2.05) is 49.4 Å². The Morgan fingerprint density at radius 2 is 1.74 bits per heavy atom. The number of ketones is 1. The number of ether oxygens (including phenoxy) is 1. The van der Waals surface area contributed by atoms with E-state index in [4.69, 9.17) is 9.15 Å². The van der Waals surface area contributed by atoms with E-state index in [1.165, 1.54) is 0 Å². The van der Waals surface area contributed by atoms with Crippen LogP contribution in [0, 0.1) is 6.92 Å². The lowest BCUT2D eigenvalue weighted by molar-refractivity contribution is 0.0374. The number of morpholine rings is 1. The van der Waals surface area contributed by atoms with Crippen molar-refractivity contribution in [2.45, 2.75) is 13.3 Å². The molecule has 38 heavy (non-hydrogen) atoms. The van der Waals surface area contributed by atoms with Crippen molar-refractivity contribution in [2.24, 2.45) is 0 Å². The number of rotatable bonds is 8. The summed E-state index contributed by atoms with van der Waals surface area (Å²) in [5.41, 5.74) is 2.19. The minimum Gasteiger partial charge on any atom is -0.421 e. The molecule has 0 atom stereocenters. The Bertz CT molecular complexity index is 1560. The van der Waals surface area contributed by atoms with Crippen LogP contribution in [0.1, 0.15) is 38.3 Å². The van der Waals surface area contributed by atoms with E-state index in [2.05, 4.69) is 10.2 Å². The summed E-state index contributed by atoms with van der Waals surface area (Å²) in [5, 5.41) is 5.04. The third-order valence-electron chi connectivity index (χ3n) is 6.81. The fourth-order valence-electron chi connectivity index (χ4n) is 4.68. The molecule has 0 spiro atoms. The Morgan fingerprint density at radius 1 is 1.00 bits per heavy atom. The predicted octanol–water partition coefficient (Wildman–Crippen LogP) is 4.60. The summed E-state index contributed by atoms with van der Waals surface area (Å²) in [6, 6.07) is 18.4. The molecule has 2 heterocycles. The highest BCUT2D eigenvalue weighted by Gasteiger charge is 2.16. The second kappa shape index (κ2) is 11.5. The Balaban J connectivity index is 1.39. The van der Waals surface area contributed by atoms with Gasteiger partial charge < -0.3 is 14.5 Å². The molecule has 1 aliphatic heterocycles. The molecule has 1 amide bonds. The van der Waals surface area contributed by atoms with Gasteiger partial charge in [-0.1, -0.05) is 60.2 Å². The second-order valence-corrected chi connectivity index (χ2v) is 9.50. The van der Waals surface area contributed by atoms with Crippen molar-refractivity contribution in [3.63, 3.8) is 0 Å². The van der Waals surface area contributed by atoms with E-state index >= 15 is 0 Å². The van der Waals surface area contributed by atoms with Crippen LogP contribution in [0.5, 0.6) is 0 Å². The van der Waals surface area contributed by atoms with Crippen LogP contribution in [-0.2, 0) is 4.74 Å². The molecule has 0 saturated carbocycles. The number of aryl methyl sites for hydroxylation is 1. The van der Waals surface area contributed by atoms with Gasteiger partial charge in [-0.2, -0.15) is 0 Å². The number of benzene rings is 3. The van der Waals surface area contributed by atoms with Crippen LogP contribution in [0.25, 0.3) is 27.8 Å². The minimum absolute atomic E-state index is 0.0372. The van der Waals surface area contributed by atoms with Crippen LogP contribution in [0.3, 0.4) is 0 Å². The van der Waals surface area contributed by atoms with Crippen molar-refractivity contribution < 1.29 is 18.7 Å². The van der Waals surface area contributed by atoms with Crippen LogP contribution >= 0.6 is 0 Å². The Labute approximate surface area is 220 Å². The van der Waals surface area contributed by atoms with Crippen molar-refractivity contribution in [1.82, 2.24) is 10.2 Å². The van der Waals surface area contributed by atoms with Crippen molar-refractivity contribution in [3.05, 3.63) is 99.4 Å². The molecule has 5 rings (SSSR count). The molecule has 1 saturated heterocycles. The van der Waals surface area contributed by atoms with E-state index in [0.717, 1.165) is 61.2 Å². The van der Waals surface area contributed by atoms with E-state index < -0.39 is 11.5 Å². The number of nitrogens with one attached hydrogen (secondary N) is 1. The van der Waals surface area contributed by atoms with Gasteiger partial charge in [0.25, 0.3) is 5.91 Å². The van der Waals surface area contributed by atoms with Crippen molar-refractivity contribution >= 4 is 39.5 Å². The lowest BCUT2D eigenvalue weighted by Gasteiger charge is -2.26. The fraction of sp³-hybridized carbons (Fsp3) is 0.258. The normalized spacial score (nSPS) is 14.3. The molecular formula is C31H30N2O5. The molecule has 4 aromatic rings. The second-order valence-electron chi connectivity index (χ2n) is 9.50. The zero-order chi connectivity index (χ0) is 26.5. The first-order valence-corrected chi connectivity index (χ1v) is 12.9.